The van der Waals surface area contributed by atoms with E-state index in [-0.39, 0.29) is 11.9 Å². The van der Waals surface area contributed by atoms with Gasteiger partial charge in [0.15, 0.2) is 5.69 Å². The highest BCUT2D eigenvalue weighted by atomic mass is 16.5. The van der Waals surface area contributed by atoms with Gasteiger partial charge in [-0.3, -0.25) is 9.69 Å². The van der Waals surface area contributed by atoms with Crippen molar-refractivity contribution in [3.8, 4) is 5.69 Å². The smallest absolute Gasteiger partial charge is 0.273 e. The zero-order valence-electron chi connectivity index (χ0n) is 15.7. The molecule has 2 aromatic rings. The van der Waals surface area contributed by atoms with E-state index >= 15 is 0 Å². The molecular formula is C19H27N5O2. The Morgan fingerprint density at radius 3 is 2.58 bits per heavy atom. The van der Waals surface area contributed by atoms with Crippen LogP contribution < -0.4 is 5.32 Å². The van der Waals surface area contributed by atoms with Crippen LogP contribution in [0.2, 0.25) is 0 Å². The minimum absolute atomic E-state index is 0.192. The summed E-state index contributed by atoms with van der Waals surface area (Å²) in [5.41, 5.74) is 2.39. The molecule has 140 valence electrons. The molecule has 1 fully saturated rings. The molecular weight excluding hydrogens is 330 g/mol. The molecule has 1 atom stereocenters. The molecule has 1 saturated heterocycles. The van der Waals surface area contributed by atoms with Crippen LogP contribution in [-0.4, -0.2) is 64.7 Å². The number of nitrogens with one attached hydrogen (secondary N) is 1. The highest BCUT2D eigenvalue weighted by Crippen LogP contribution is 2.13. The average Bonchev–Trinajstić information content (AvgIpc) is 3.13. The number of rotatable bonds is 6. The monoisotopic (exact) mass is 357 g/mol. The molecule has 0 spiro atoms. The van der Waals surface area contributed by atoms with Crippen LogP contribution >= 0.6 is 0 Å². The van der Waals surface area contributed by atoms with Gasteiger partial charge in [-0.2, -0.15) is 0 Å². The quantitative estimate of drug-likeness (QED) is 0.851. The van der Waals surface area contributed by atoms with Crippen LogP contribution in [0.5, 0.6) is 0 Å². The molecule has 1 aromatic carbocycles. The van der Waals surface area contributed by atoms with Crippen molar-refractivity contribution >= 4 is 5.91 Å². The zero-order chi connectivity index (χ0) is 18.5. The summed E-state index contributed by atoms with van der Waals surface area (Å²) in [6.07, 6.45) is 1.67. The topological polar surface area (TPSA) is 72.3 Å². The highest BCUT2D eigenvalue weighted by Gasteiger charge is 2.24. The van der Waals surface area contributed by atoms with Crippen LogP contribution in [0.1, 0.15) is 29.9 Å². The molecule has 0 bridgehead atoms. The molecule has 0 aliphatic carbocycles. The number of aryl methyl sites for hydroxylation is 1. The van der Waals surface area contributed by atoms with Crippen molar-refractivity contribution in [2.24, 2.45) is 5.92 Å². The first-order chi connectivity index (χ1) is 12.5. The van der Waals surface area contributed by atoms with Gasteiger partial charge in [0.05, 0.1) is 25.1 Å². The first kappa shape index (κ1) is 18.5. The van der Waals surface area contributed by atoms with Crippen molar-refractivity contribution < 1.29 is 9.53 Å². The fourth-order valence-corrected chi connectivity index (χ4v) is 3.17. The Labute approximate surface area is 154 Å². The normalized spacial score (nSPS) is 16.6. The lowest BCUT2D eigenvalue weighted by Gasteiger charge is -2.36. The maximum absolute atomic E-state index is 12.5. The number of hydrogen-bond acceptors (Lipinski definition) is 5. The number of carbonyl (C=O) groups excluding carboxylic acids is 1. The van der Waals surface area contributed by atoms with E-state index in [1.807, 2.05) is 31.2 Å². The molecule has 1 N–H and O–H groups in total. The second-order valence-electron chi connectivity index (χ2n) is 7.05. The van der Waals surface area contributed by atoms with Crippen LogP contribution in [0.4, 0.5) is 0 Å². The first-order valence-electron chi connectivity index (χ1n) is 9.14. The Bertz CT molecular complexity index is 720. The predicted molar refractivity (Wildman–Crippen MR) is 99.4 cm³/mol. The predicted octanol–water partition coefficient (Wildman–Crippen LogP) is 1.66. The molecule has 26 heavy (non-hydrogen) atoms. The number of aromatic nitrogens is 3. The number of morpholine rings is 1. The molecule has 1 aliphatic rings. The Morgan fingerprint density at radius 2 is 1.92 bits per heavy atom. The van der Waals surface area contributed by atoms with E-state index in [2.05, 4.69) is 34.4 Å². The first-order valence-corrected chi connectivity index (χ1v) is 9.14. The molecule has 2 heterocycles. The second kappa shape index (κ2) is 8.42. The van der Waals surface area contributed by atoms with Gasteiger partial charge in [-0.05, 0) is 25.0 Å². The lowest BCUT2D eigenvalue weighted by Crippen LogP contribution is -2.51. The third kappa shape index (κ3) is 4.47. The number of carbonyl (C=O) groups is 1. The van der Waals surface area contributed by atoms with Gasteiger partial charge in [0.25, 0.3) is 5.91 Å². The van der Waals surface area contributed by atoms with Gasteiger partial charge in [-0.25, -0.2) is 4.68 Å². The Kier molecular flexibility index (Phi) is 6.00. The van der Waals surface area contributed by atoms with Crippen LogP contribution in [0.3, 0.4) is 0 Å². The van der Waals surface area contributed by atoms with E-state index in [9.17, 15) is 4.79 Å². The van der Waals surface area contributed by atoms with Crippen LogP contribution in [0.25, 0.3) is 5.69 Å². The largest absolute Gasteiger partial charge is 0.379 e. The van der Waals surface area contributed by atoms with Gasteiger partial charge in [-0.1, -0.05) is 36.8 Å². The molecule has 1 aliphatic heterocycles. The van der Waals surface area contributed by atoms with Crippen molar-refractivity contribution in [1.82, 2.24) is 25.2 Å². The standard InChI is InChI=1S/C19H27N5O2/c1-14(2)18(23-8-10-26-11-9-23)12-20-19(25)17-13-24(22-21-17)16-6-4-15(3)5-7-16/h4-7,13-14,18H,8-12H2,1-3H3,(H,20,25). The van der Waals surface area contributed by atoms with E-state index in [0.717, 1.165) is 32.0 Å². The third-order valence-corrected chi connectivity index (χ3v) is 4.78. The lowest BCUT2D eigenvalue weighted by atomic mass is 10.0. The molecule has 3 rings (SSSR count). The van der Waals surface area contributed by atoms with Gasteiger partial charge < -0.3 is 10.1 Å². The molecule has 7 heteroatoms. The Morgan fingerprint density at radius 1 is 1.23 bits per heavy atom. The average molecular weight is 357 g/mol. The summed E-state index contributed by atoms with van der Waals surface area (Å²) in [6, 6.07) is 8.21. The van der Waals surface area contributed by atoms with E-state index in [4.69, 9.17) is 4.74 Å². The second-order valence-corrected chi connectivity index (χ2v) is 7.05. The summed E-state index contributed by atoms with van der Waals surface area (Å²) in [6.45, 7) is 10.3. The minimum atomic E-state index is -0.192. The maximum Gasteiger partial charge on any atom is 0.273 e. The van der Waals surface area contributed by atoms with E-state index < -0.39 is 0 Å². The summed E-state index contributed by atoms with van der Waals surface area (Å²) in [7, 11) is 0. The van der Waals surface area contributed by atoms with Crippen molar-refractivity contribution in [3.63, 3.8) is 0 Å². The molecule has 0 saturated carbocycles. The maximum atomic E-state index is 12.5. The minimum Gasteiger partial charge on any atom is -0.379 e. The summed E-state index contributed by atoms with van der Waals surface area (Å²) >= 11 is 0. The summed E-state index contributed by atoms with van der Waals surface area (Å²) in [5, 5.41) is 11.1. The summed E-state index contributed by atoms with van der Waals surface area (Å²) < 4.78 is 7.05. The molecule has 1 aromatic heterocycles. The van der Waals surface area contributed by atoms with Gasteiger partial charge in [0, 0.05) is 25.7 Å². The fourth-order valence-electron chi connectivity index (χ4n) is 3.17. The number of amides is 1. The number of hydrogen-bond donors (Lipinski definition) is 1. The summed E-state index contributed by atoms with van der Waals surface area (Å²) in [4.78, 5) is 14.9. The van der Waals surface area contributed by atoms with Crippen molar-refractivity contribution in [3.05, 3.63) is 41.7 Å². The van der Waals surface area contributed by atoms with E-state index in [0.29, 0.717) is 18.2 Å². The van der Waals surface area contributed by atoms with Crippen LogP contribution in [0, 0.1) is 12.8 Å². The van der Waals surface area contributed by atoms with E-state index in [1.165, 1.54) is 5.56 Å². The highest BCUT2D eigenvalue weighted by molar-refractivity contribution is 5.91. The van der Waals surface area contributed by atoms with Gasteiger partial charge in [-0.15, -0.1) is 5.10 Å². The summed E-state index contributed by atoms with van der Waals surface area (Å²) in [5.74, 6) is 0.249. The van der Waals surface area contributed by atoms with Crippen LogP contribution in [0.15, 0.2) is 30.5 Å². The number of ether oxygens (including phenoxy) is 1. The SMILES string of the molecule is Cc1ccc(-n2cc(C(=O)NCC(C(C)C)N3CCOCC3)nn2)cc1. The van der Waals surface area contributed by atoms with Crippen molar-refractivity contribution in [1.29, 1.82) is 0 Å². The molecule has 7 nitrogen and oxygen atoms in total. The van der Waals surface area contributed by atoms with Crippen LogP contribution in [-0.2, 0) is 4.74 Å². The van der Waals surface area contributed by atoms with Crippen molar-refractivity contribution in [2.75, 3.05) is 32.8 Å². The third-order valence-electron chi connectivity index (χ3n) is 4.78. The van der Waals surface area contributed by atoms with Gasteiger partial charge in [0.1, 0.15) is 0 Å². The van der Waals surface area contributed by atoms with Gasteiger partial charge >= 0.3 is 0 Å². The number of benzene rings is 1. The molecule has 1 amide bonds. The molecule has 0 radical (unpaired) electrons. The zero-order valence-corrected chi connectivity index (χ0v) is 15.7. The van der Waals surface area contributed by atoms with Crippen molar-refractivity contribution in [2.45, 2.75) is 26.8 Å². The Hall–Kier alpha value is -2.25. The van der Waals surface area contributed by atoms with Gasteiger partial charge in [0.2, 0.25) is 0 Å². The number of nitrogens with zero attached hydrogens (tertiary/aromatic N) is 4. The Balaban J connectivity index is 1.61. The lowest BCUT2D eigenvalue weighted by molar-refractivity contribution is 0.00671. The van der Waals surface area contributed by atoms with E-state index in [1.54, 1.807) is 10.9 Å². The molecule has 1 unspecified atom stereocenters. The fraction of sp³-hybridized carbons (Fsp3) is 0.526.